The van der Waals surface area contributed by atoms with Gasteiger partial charge in [-0.05, 0) is 93.7 Å². The molecule has 6 nitrogen and oxygen atoms in total. The number of nitrogens with zero attached hydrogens (tertiary/aromatic N) is 2. The molecule has 3 aromatic rings. The number of likely N-dealkylation sites (tertiary alicyclic amines) is 2. The summed E-state index contributed by atoms with van der Waals surface area (Å²) in [7, 11) is 2.17. The maximum Gasteiger partial charge on any atom is 0.251 e. The highest BCUT2D eigenvalue weighted by atomic mass is 16.5. The van der Waals surface area contributed by atoms with Crippen LogP contribution in [0.4, 0.5) is 0 Å². The van der Waals surface area contributed by atoms with E-state index < -0.39 is 0 Å². The Labute approximate surface area is 226 Å². The number of para-hydroxylation sites is 1. The van der Waals surface area contributed by atoms with E-state index in [1.54, 1.807) is 0 Å². The Bertz CT molecular complexity index is 1180. The Morgan fingerprint density at radius 1 is 0.868 bits per heavy atom. The van der Waals surface area contributed by atoms with Crippen molar-refractivity contribution in [2.75, 3.05) is 33.2 Å². The molecule has 0 aromatic heterocycles. The van der Waals surface area contributed by atoms with Crippen LogP contribution in [0.25, 0.3) is 0 Å². The Kier molecular flexibility index (Phi) is 8.94. The summed E-state index contributed by atoms with van der Waals surface area (Å²) in [5.74, 6) is 2.46. The lowest BCUT2D eigenvalue weighted by Crippen LogP contribution is -2.37. The topological polar surface area (TPSA) is 54.0 Å². The summed E-state index contributed by atoms with van der Waals surface area (Å²) >= 11 is 0. The molecule has 0 radical (unpaired) electrons. The zero-order chi connectivity index (χ0) is 26.2. The minimum atomic E-state index is -0.0237. The van der Waals surface area contributed by atoms with E-state index in [1.165, 1.54) is 18.4 Å². The Morgan fingerprint density at radius 2 is 1.63 bits per heavy atom. The van der Waals surface area contributed by atoms with Crippen LogP contribution in [0.15, 0.2) is 78.9 Å². The molecule has 1 unspecified atom stereocenters. The first-order valence-corrected chi connectivity index (χ1v) is 13.9. The minimum absolute atomic E-state index is 0.0237. The van der Waals surface area contributed by atoms with Crippen LogP contribution in [-0.4, -0.2) is 61.1 Å². The lowest BCUT2D eigenvalue weighted by Gasteiger charge is -2.32. The fourth-order valence-corrected chi connectivity index (χ4v) is 5.48. The van der Waals surface area contributed by atoms with Gasteiger partial charge in [0, 0.05) is 37.8 Å². The van der Waals surface area contributed by atoms with Crippen molar-refractivity contribution in [3.8, 4) is 17.2 Å². The van der Waals surface area contributed by atoms with Gasteiger partial charge < -0.3 is 19.7 Å². The molecule has 38 heavy (non-hydrogen) atoms. The highest BCUT2D eigenvalue weighted by molar-refractivity contribution is 5.94. The first-order valence-electron chi connectivity index (χ1n) is 13.9. The fraction of sp³-hybridized carbons (Fsp3) is 0.406. The summed E-state index contributed by atoms with van der Waals surface area (Å²) in [4.78, 5) is 17.5. The molecule has 6 heteroatoms. The highest BCUT2D eigenvalue weighted by Crippen LogP contribution is 2.25. The number of hydrogen-bond donors (Lipinski definition) is 1. The van der Waals surface area contributed by atoms with Gasteiger partial charge in [-0.15, -0.1) is 0 Å². The number of rotatable bonds is 10. The van der Waals surface area contributed by atoms with Crippen LogP contribution in [0.3, 0.4) is 0 Å². The van der Waals surface area contributed by atoms with Gasteiger partial charge in [-0.25, -0.2) is 0 Å². The van der Waals surface area contributed by atoms with Crippen molar-refractivity contribution in [3.63, 3.8) is 0 Å². The Hall–Kier alpha value is -3.35. The second-order valence-corrected chi connectivity index (χ2v) is 10.5. The van der Waals surface area contributed by atoms with E-state index in [2.05, 4.69) is 40.4 Å². The van der Waals surface area contributed by atoms with Crippen molar-refractivity contribution in [1.29, 1.82) is 0 Å². The van der Waals surface area contributed by atoms with Gasteiger partial charge in [0.25, 0.3) is 5.91 Å². The molecular formula is C32H39N3O3. The summed E-state index contributed by atoms with van der Waals surface area (Å²) in [6, 6.07) is 26.4. The fourth-order valence-electron chi connectivity index (χ4n) is 5.48. The van der Waals surface area contributed by atoms with E-state index in [0.717, 1.165) is 62.7 Å². The van der Waals surface area contributed by atoms with Gasteiger partial charge in [-0.3, -0.25) is 9.69 Å². The number of piperidine rings is 1. The van der Waals surface area contributed by atoms with Crippen molar-refractivity contribution in [1.82, 2.24) is 15.1 Å². The van der Waals surface area contributed by atoms with E-state index >= 15 is 0 Å². The molecule has 0 aliphatic carbocycles. The van der Waals surface area contributed by atoms with Gasteiger partial charge in [0.2, 0.25) is 0 Å². The zero-order valence-corrected chi connectivity index (χ0v) is 22.4. The molecule has 5 rings (SSSR count). The summed E-state index contributed by atoms with van der Waals surface area (Å²) in [5, 5.41) is 3.09. The first kappa shape index (κ1) is 26.3. The number of carbonyl (C=O) groups is 1. The van der Waals surface area contributed by atoms with E-state index in [0.29, 0.717) is 18.2 Å². The Morgan fingerprint density at radius 3 is 2.42 bits per heavy atom. The molecule has 2 aliphatic rings. The summed E-state index contributed by atoms with van der Waals surface area (Å²) < 4.78 is 12.3. The number of nitrogens with one attached hydrogen (secondary N) is 1. The minimum Gasteiger partial charge on any atom is -0.490 e. The van der Waals surface area contributed by atoms with Gasteiger partial charge in [0.15, 0.2) is 0 Å². The third kappa shape index (κ3) is 7.36. The molecule has 2 aliphatic heterocycles. The van der Waals surface area contributed by atoms with Crippen molar-refractivity contribution >= 4 is 5.91 Å². The lowest BCUT2D eigenvalue weighted by molar-refractivity contribution is 0.0934. The maximum atomic E-state index is 12.7. The third-order valence-corrected chi connectivity index (χ3v) is 7.65. The molecule has 0 spiro atoms. The maximum absolute atomic E-state index is 12.7. The monoisotopic (exact) mass is 513 g/mol. The van der Waals surface area contributed by atoms with Crippen molar-refractivity contribution in [2.24, 2.45) is 0 Å². The van der Waals surface area contributed by atoms with Crippen LogP contribution < -0.4 is 14.8 Å². The molecule has 2 saturated heterocycles. The number of ether oxygens (including phenoxy) is 2. The van der Waals surface area contributed by atoms with E-state index in [4.69, 9.17) is 9.47 Å². The lowest BCUT2D eigenvalue weighted by atomic mass is 10.1. The summed E-state index contributed by atoms with van der Waals surface area (Å²) in [5.41, 5.74) is 1.91. The number of hydrogen-bond acceptors (Lipinski definition) is 5. The second-order valence-electron chi connectivity index (χ2n) is 10.5. The largest absolute Gasteiger partial charge is 0.490 e. The van der Waals surface area contributed by atoms with Gasteiger partial charge in [-0.2, -0.15) is 0 Å². The van der Waals surface area contributed by atoms with E-state index in [-0.39, 0.29) is 12.0 Å². The SMILES string of the molecule is CN1CCCC1CCNC(=O)c1cccc(OC2CCN(Cc3cccc(Oc4ccccc4)c3)CC2)c1. The molecule has 1 amide bonds. The van der Waals surface area contributed by atoms with Crippen LogP contribution >= 0.6 is 0 Å². The number of benzene rings is 3. The van der Waals surface area contributed by atoms with Crippen LogP contribution in [-0.2, 0) is 6.54 Å². The van der Waals surface area contributed by atoms with Gasteiger partial charge in [0.05, 0.1) is 0 Å². The van der Waals surface area contributed by atoms with Crippen LogP contribution in [0.2, 0.25) is 0 Å². The summed E-state index contributed by atoms with van der Waals surface area (Å²) in [6.07, 6.45) is 5.57. The number of carbonyl (C=O) groups excluding carboxylic acids is 1. The molecule has 200 valence electrons. The van der Waals surface area contributed by atoms with Gasteiger partial charge >= 0.3 is 0 Å². The van der Waals surface area contributed by atoms with Gasteiger partial charge in [-0.1, -0.05) is 36.4 Å². The van der Waals surface area contributed by atoms with E-state index in [9.17, 15) is 4.79 Å². The Balaban J connectivity index is 1.06. The van der Waals surface area contributed by atoms with Crippen LogP contribution in [0, 0.1) is 0 Å². The molecule has 2 fully saturated rings. The molecule has 2 heterocycles. The predicted molar refractivity (Wildman–Crippen MR) is 151 cm³/mol. The molecule has 0 bridgehead atoms. The molecule has 1 atom stereocenters. The standard InChI is InChI=1S/C32H39N3O3/c1-34-19-7-10-27(34)15-18-33-32(36)26-9-6-14-31(23-26)38-29-16-20-35(21-17-29)24-25-8-5-13-30(22-25)37-28-11-3-2-4-12-28/h2-6,8-9,11-14,22-23,27,29H,7,10,15-21,24H2,1H3,(H,33,36). The van der Waals surface area contributed by atoms with Crippen LogP contribution in [0.1, 0.15) is 48.0 Å². The third-order valence-electron chi connectivity index (χ3n) is 7.65. The molecular weight excluding hydrogens is 474 g/mol. The normalized spacial score (nSPS) is 18.8. The average molecular weight is 514 g/mol. The highest BCUT2D eigenvalue weighted by Gasteiger charge is 2.22. The predicted octanol–water partition coefficient (Wildman–Crippen LogP) is 5.74. The van der Waals surface area contributed by atoms with Crippen molar-refractivity contribution in [3.05, 3.63) is 90.0 Å². The quantitative estimate of drug-likeness (QED) is 0.375. The molecule has 0 saturated carbocycles. The van der Waals surface area contributed by atoms with Crippen molar-refractivity contribution in [2.45, 2.75) is 50.8 Å². The number of amides is 1. The van der Waals surface area contributed by atoms with E-state index in [1.807, 2.05) is 60.7 Å². The molecule has 3 aromatic carbocycles. The van der Waals surface area contributed by atoms with Crippen LogP contribution in [0.5, 0.6) is 17.2 Å². The second kappa shape index (κ2) is 12.9. The van der Waals surface area contributed by atoms with Gasteiger partial charge in [0.1, 0.15) is 23.4 Å². The first-order chi connectivity index (χ1) is 18.6. The zero-order valence-electron chi connectivity index (χ0n) is 22.4. The smallest absolute Gasteiger partial charge is 0.251 e. The van der Waals surface area contributed by atoms with Crippen molar-refractivity contribution < 1.29 is 14.3 Å². The molecule has 1 N–H and O–H groups in total. The average Bonchev–Trinajstić information content (AvgIpc) is 3.35. The summed E-state index contributed by atoms with van der Waals surface area (Å²) in [6.45, 7) is 4.71.